The van der Waals surface area contributed by atoms with Gasteiger partial charge in [-0.25, -0.2) is 4.79 Å². The van der Waals surface area contributed by atoms with Crippen LogP contribution in [0.1, 0.15) is 47.0 Å². The van der Waals surface area contributed by atoms with Crippen molar-refractivity contribution < 1.29 is 23.7 Å². The zero-order chi connectivity index (χ0) is 18.4. The molecule has 142 valence electrons. The topological polar surface area (TPSA) is 54.0 Å². The molecule has 0 amide bonds. The van der Waals surface area contributed by atoms with Crippen molar-refractivity contribution >= 4 is 5.97 Å². The monoisotopic (exact) mass is 352 g/mol. The number of rotatable bonds is 8. The van der Waals surface area contributed by atoms with Gasteiger partial charge in [0.1, 0.15) is 6.79 Å². The summed E-state index contributed by atoms with van der Waals surface area (Å²) < 4.78 is 21.5. The van der Waals surface area contributed by atoms with Crippen LogP contribution in [0.5, 0.6) is 0 Å². The number of carbonyl (C=O) groups is 1. The molecule has 0 aromatic rings. The van der Waals surface area contributed by atoms with E-state index in [4.69, 9.17) is 18.9 Å². The highest BCUT2D eigenvalue weighted by Gasteiger charge is 2.51. The summed E-state index contributed by atoms with van der Waals surface area (Å²) in [5.41, 5.74) is 3.85. The average molecular weight is 352 g/mol. The number of allylic oxidation sites excluding steroid dienone is 1. The maximum absolute atomic E-state index is 12.4. The van der Waals surface area contributed by atoms with Gasteiger partial charge in [0.05, 0.1) is 19.8 Å². The first-order valence-electron chi connectivity index (χ1n) is 9.12. The molecule has 5 heteroatoms. The fourth-order valence-corrected chi connectivity index (χ4v) is 3.99. The Balaban J connectivity index is 2.14. The van der Waals surface area contributed by atoms with Crippen molar-refractivity contribution in [2.45, 2.75) is 53.1 Å². The van der Waals surface area contributed by atoms with Gasteiger partial charge in [-0.2, -0.15) is 0 Å². The molecule has 1 aliphatic heterocycles. The Hall–Kier alpha value is -1.17. The van der Waals surface area contributed by atoms with Gasteiger partial charge in [-0.1, -0.05) is 24.1 Å². The summed E-state index contributed by atoms with van der Waals surface area (Å²) in [6, 6.07) is 0. The van der Waals surface area contributed by atoms with Crippen molar-refractivity contribution in [2.24, 2.45) is 11.3 Å². The molecular formula is C20H32O5. The largest absolute Gasteiger partial charge is 0.464 e. The molecule has 25 heavy (non-hydrogen) atoms. The van der Waals surface area contributed by atoms with Crippen molar-refractivity contribution in [1.82, 2.24) is 0 Å². The maximum Gasteiger partial charge on any atom is 0.335 e. The number of fused-ring (bicyclic) bond motifs is 1. The highest BCUT2D eigenvalue weighted by atomic mass is 16.7. The number of esters is 1. The van der Waals surface area contributed by atoms with E-state index in [2.05, 4.69) is 26.8 Å². The fraction of sp³-hybridized carbons (Fsp3) is 0.750. The van der Waals surface area contributed by atoms with Crippen LogP contribution in [0, 0.1) is 11.3 Å². The van der Waals surface area contributed by atoms with Crippen molar-refractivity contribution in [2.75, 3.05) is 33.7 Å². The normalized spacial score (nSPS) is 29.7. The van der Waals surface area contributed by atoms with E-state index in [1.165, 1.54) is 16.7 Å². The van der Waals surface area contributed by atoms with E-state index in [0.717, 1.165) is 19.3 Å². The molecule has 1 fully saturated rings. The Kier molecular flexibility index (Phi) is 7.23. The van der Waals surface area contributed by atoms with Gasteiger partial charge in [0.2, 0.25) is 0 Å². The molecule has 1 aliphatic carbocycles. The van der Waals surface area contributed by atoms with E-state index in [9.17, 15) is 4.79 Å². The second kappa shape index (κ2) is 8.97. The van der Waals surface area contributed by atoms with Crippen LogP contribution in [0.15, 0.2) is 22.8 Å². The molecule has 0 saturated heterocycles. The molecule has 0 N–H and O–H groups in total. The number of ether oxygens (including phenoxy) is 4. The summed E-state index contributed by atoms with van der Waals surface area (Å²) in [5, 5.41) is 0. The molecule has 0 aromatic carbocycles. The third kappa shape index (κ3) is 4.72. The molecule has 0 bridgehead atoms. The minimum absolute atomic E-state index is 0.00302. The van der Waals surface area contributed by atoms with Crippen LogP contribution in [0.25, 0.3) is 0 Å². The first kappa shape index (κ1) is 20.1. The van der Waals surface area contributed by atoms with E-state index in [0.29, 0.717) is 26.6 Å². The lowest BCUT2D eigenvalue weighted by Gasteiger charge is -2.39. The highest BCUT2D eigenvalue weighted by Crippen LogP contribution is 2.54. The van der Waals surface area contributed by atoms with Crippen LogP contribution in [-0.2, 0) is 23.7 Å². The van der Waals surface area contributed by atoms with Gasteiger partial charge >= 0.3 is 5.97 Å². The number of carbonyl (C=O) groups excluding carboxylic acids is 1. The summed E-state index contributed by atoms with van der Waals surface area (Å²) in [5.74, 6) is -0.126. The van der Waals surface area contributed by atoms with E-state index in [1.54, 1.807) is 7.11 Å². The lowest BCUT2D eigenvalue weighted by Crippen LogP contribution is -2.43. The molecular weight excluding hydrogens is 320 g/mol. The standard InChI is InChI=1S/C20H32O5/c1-6-24-19(21)18-17-16(15(3)12-25-18)8-10-20(17,4)9-7-14(2)11-23-13-22-5/h7,17-18H,6,8-13H2,1-5H3/b14-7-/t17-,18-,20-/m1/s1. The molecule has 0 spiro atoms. The zero-order valence-electron chi connectivity index (χ0n) is 16.2. The van der Waals surface area contributed by atoms with Crippen molar-refractivity contribution in [3.8, 4) is 0 Å². The summed E-state index contributed by atoms with van der Waals surface area (Å²) in [7, 11) is 1.62. The Morgan fingerprint density at radius 2 is 2.20 bits per heavy atom. The summed E-state index contributed by atoms with van der Waals surface area (Å²) in [6.07, 6.45) is 4.75. The van der Waals surface area contributed by atoms with Crippen LogP contribution in [0.2, 0.25) is 0 Å². The molecule has 0 radical (unpaired) electrons. The molecule has 3 atom stereocenters. The molecule has 2 aliphatic rings. The van der Waals surface area contributed by atoms with Gasteiger partial charge in [-0.05, 0) is 51.0 Å². The zero-order valence-corrected chi connectivity index (χ0v) is 16.2. The smallest absolute Gasteiger partial charge is 0.335 e. The molecule has 0 unspecified atom stereocenters. The third-order valence-electron chi connectivity index (χ3n) is 5.39. The summed E-state index contributed by atoms with van der Waals surface area (Å²) >= 11 is 0. The number of hydrogen-bond donors (Lipinski definition) is 0. The van der Waals surface area contributed by atoms with Crippen LogP contribution in [0.4, 0.5) is 0 Å². The average Bonchev–Trinajstić information content (AvgIpc) is 2.93. The number of hydrogen-bond acceptors (Lipinski definition) is 5. The van der Waals surface area contributed by atoms with E-state index in [-0.39, 0.29) is 17.3 Å². The Labute approximate surface area is 151 Å². The lowest BCUT2D eigenvalue weighted by molar-refractivity contribution is -0.162. The quantitative estimate of drug-likeness (QED) is 0.289. The number of methoxy groups -OCH3 is 1. The Morgan fingerprint density at radius 1 is 1.44 bits per heavy atom. The predicted molar refractivity (Wildman–Crippen MR) is 96.1 cm³/mol. The summed E-state index contributed by atoms with van der Waals surface area (Å²) in [6.45, 7) is 10.1. The van der Waals surface area contributed by atoms with E-state index in [1.807, 2.05) is 6.92 Å². The third-order valence-corrected chi connectivity index (χ3v) is 5.39. The second-order valence-corrected chi connectivity index (χ2v) is 7.43. The Bertz CT molecular complexity index is 536. The van der Waals surface area contributed by atoms with Gasteiger partial charge < -0.3 is 18.9 Å². The predicted octanol–water partition coefficient (Wildman–Crippen LogP) is 3.64. The molecule has 1 heterocycles. The first-order valence-corrected chi connectivity index (χ1v) is 9.12. The van der Waals surface area contributed by atoms with Crippen LogP contribution in [0.3, 0.4) is 0 Å². The minimum Gasteiger partial charge on any atom is -0.464 e. The van der Waals surface area contributed by atoms with Gasteiger partial charge in [-0.3, -0.25) is 0 Å². The Morgan fingerprint density at radius 3 is 2.88 bits per heavy atom. The molecule has 0 aromatic heterocycles. The fourth-order valence-electron chi connectivity index (χ4n) is 3.99. The van der Waals surface area contributed by atoms with Gasteiger partial charge in [-0.15, -0.1) is 0 Å². The van der Waals surface area contributed by atoms with Gasteiger partial charge in [0.15, 0.2) is 6.10 Å². The SMILES string of the molecule is CCOC(=O)[C@@H]1OCC(C)=C2CC[C@@](C)(C/C=C(/C)COCOC)[C@H]21. The van der Waals surface area contributed by atoms with Gasteiger partial charge in [0.25, 0.3) is 0 Å². The summed E-state index contributed by atoms with van der Waals surface area (Å²) in [4.78, 5) is 12.4. The van der Waals surface area contributed by atoms with Crippen molar-refractivity contribution in [1.29, 1.82) is 0 Å². The van der Waals surface area contributed by atoms with E-state index < -0.39 is 6.10 Å². The van der Waals surface area contributed by atoms with Crippen LogP contribution >= 0.6 is 0 Å². The molecule has 2 rings (SSSR count). The van der Waals surface area contributed by atoms with E-state index >= 15 is 0 Å². The second-order valence-electron chi connectivity index (χ2n) is 7.43. The van der Waals surface area contributed by atoms with Crippen molar-refractivity contribution in [3.63, 3.8) is 0 Å². The molecule has 5 nitrogen and oxygen atoms in total. The lowest BCUT2D eigenvalue weighted by atomic mass is 9.71. The minimum atomic E-state index is -0.482. The maximum atomic E-state index is 12.4. The molecule has 1 saturated carbocycles. The van der Waals surface area contributed by atoms with Crippen molar-refractivity contribution in [3.05, 3.63) is 22.8 Å². The van der Waals surface area contributed by atoms with Crippen LogP contribution < -0.4 is 0 Å². The highest BCUT2D eigenvalue weighted by molar-refractivity contribution is 5.76. The van der Waals surface area contributed by atoms with Crippen LogP contribution in [-0.4, -0.2) is 45.8 Å². The van der Waals surface area contributed by atoms with Gasteiger partial charge in [0, 0.05) is 13.0 Å². The first-order chi connectivity index (χ1) is 11.9.